The second-order valence-electron chi connectivity index (χ2n) is 2.86. The van der Waals surface area contributed by atoms with Gasteiger partial charge in [0.15, 0.2) is 6.67 Å². The minimum Gasteiger partial charge on any atom is -0.464 e. The van der Waals surface area contributed by atoms with Crippen molar-refractivity contribution in [3.63, 3.8) is 0 Å². The molecule has 1 aromatic carbocycles. The topological polar surface area (TPSA) is 26.3 Å². The Hall–Kier alpha value is -1.38. The van der Waals surface area contributed by atoms with Crippen LogP contribution in [-0.4, -0.2) is 19.3 Å². The van der Waals surface area contributed by atoms with E-state index in [0.29, 0.717) is 6.61 Å². The van der Waals surface area contributed by atoms with Crippen LogP contribution in [0, 0.1) is 0 Å². The third-order valence-corrected chi connectivity index (χ3v) is 1.54. The first-order valence-electron chi connectivity index (χ1n) is 5.02. The van der Waals surface area contributed by atoms with Crippen molar-refractivity contribution in [1.29, 1.82) is 0 Å². The molecule has 84 valence electrons. The van der Waals surface area contributed by atoms with E-state index in [9.17, 15) is 9.18 Å². The number of esters is 1. The van der Waals surface area contributed by atoms with Crippen molar-refractivity contribution >= 4 is 5.97 Å². The number of hydrogen-bond acceptors (Lipinski definition) is 2. The van der Waals surface area contributed by atoms with Gasteiger partial charge in [0.25, 0.3) is 0 Å². The molecule has 0 saturated carbocycles. The monoisotopic (exact) mass is 212 g/mol. The molecule has 0 bridgehead atoms. The summed E-state index contributed by atoms with van der Waals surface area (Å²) in [6.45, 7) is 1.31. The standard InChI is InChI=1S/C6H11FO2.C6H6/c1-2-3-4-9-6(8)5-7;1-2-4-6-5-3-1/h2-5H2,1H3;1-6H. The third kappa shape index (κ3) is 10.5. The molecule has 0 amide bonds. The molecule has 0 atom stereocenters. The van der Waals surface area contributed by atoms with Gasteiger partial charge in [-0.15, -0.1) is 0 Å². The highest BCUT2D eigenvalue weighted by Gasteiger charge is 1.97. The van der Waals surface area contributed by atoms with E-state index in [1.165, 1.54) is 0 Å². The minimum absolute atomic E-state index is 0.346. The van der Waals surface area contributed by atoms with Crippen LogP contribution in [0.1, 0.15) is 19.8 Å². The summed E-state index contributed by atoms with van der Waals surface area (Å²) in [6, 6.07) is 12.0. The Labute approximate surface area is 90.1 Å². The molecular formula is C12H17FO2. The van der Waals surface area contributed by atoms with Crippen molar-refractivity contribution < 1.29 is 13.9 Å². The Balaban J connectivity index is 0.000000280. The molecule has 0 aromatic heterocycles. The predicted molar refractivity (Wildman–Crippen MR) is 58.3 cm³/mol. The fourth-order valence-corrected chi connectivity index (χ4v) is 0.754. The largest absolute Gasteiger partial charge is 0.464 e. The fraction of sp³-hybridized carbons (Fsp3) is 0.417. The maximum absolute atomic E-state index is 11.3. The maximum atomic E-state index is 11.3. The summed E-state index contributed by atoms with van der Waals surface area (Å²) in [5, 5.41) is 0. The van der Waals surface area contributed by atoms with Gasteiger partial charge in [-0.3, -0.25) is 0 Å². The summed E-state index contributed by atoms with van der Waals surface area (Å²) in [6.07, 6.45) is 1.77. The van der Waals surface area contributed by atoms with Gasteiger partial charge in [0.05, 0.1) is 6.61 Å². The summed E-state index contributed by atoms with van der Waals surface area (Å²) in [7, 11) is 0. The molecule has 0 heterocycles. The summed E-state index contributed by atoms with van der Waals surface area (Å²) in [5.74, 6) is -0.761. The van der Waals surface area contributed by atoms with Crippen LogP contribution in [-0.2, 0) is 9.53 Å². The van der Waals surface area contributed by atoms with E-state index in [4.69, 9.17) is 0 Å². The smallest absolute Gasteiger partial charge is 0.337 e. The van der Waals surface area contributed by atoms with Gasteiger partial charge >= 0.3 is 5.97 Å². The molecule has 0 aliphatic carbocycles. The van der Waals surface area contributed by atoms with Crippen LogP contribution in [0.4, 0.5) is 4.39 Å². The lowest BCUT2D eigenvalue weighted by Gasteiger charge is -1.97. The van der Waals surface area contributed by atoms with Gasteiger partial charge < -0.3 is 4.74 Å². The molecule has 0 aliphatic heterocycles. The fourth-order valence-electron chi connectivity index (χ4n) is 0.754. The average molecular weight is 212 g/mol. The Bertz CT molecular complexity index is 210. The molecule has 0 saturated heterocycles. The highest BCUT2D eigenvalue weighted by molar-refractivity contribution is 5.70. The highest BCUT2D eigenvalue weighted by atomic mass is 19.1. The zero-order valence-electron chi connectivity index (χ0n) is 8.99. The van der Waals surface area contributed by atoms with Gasteiger partial charge in [-0.25, -0.2) is 9.18 Å². The third-order valence-electron chi connectivity index (χ3n) is 1.54. The number of halogens is 1. The SMILES string of the molecule is CCCCOC(=O)CF.c1ccccc1. The summed E-state index contributed by atoms with van der Waals surface area (Å²) in [5.41, 5.74) is 0. The summed E-state index contributed by atoms with van der Waals surface area (Å²) in [4.78, 5) is 10.1. The van der Waals surface area contributed by atoms with Gasteiger partial charge in [0.2, 0.25) is 0 Å². The van der Waals surface area contributed by atoms with Crippen LogP contribution in [0.3, 0.4) is 0 Å². The van der Waals surface area contributed by atoms with Crippen molar-refractivity contribution in [1.82, 2.24) is 0 Å². The van der Waals surface area contributed by atoms with E-state index in [-0.39, 0.29) is 0 Å². The quantitative estimate of drug-likeness (QED) is 0.566. The van der Waals surface area contributed by atoms with E-state index in [0.717, 1.165) is 12.8 Å². The van der Waals surface area contributed by atoms with Crippen molar-refractivity contribution in [3.8, 4) is 0 Å². The van der Waals surface area contributed by atoms with Crippen molar-refractivity contribution in [3.05, 3.63) is 36.4 Å². The van der Waals surface area contributed by atoms with Crippen LogP contribution >= 0.6 is 0 Å². The first-order chi connectivity index (χ1) is 7.31. The van der Waals surface area contributed by atoms with Crippen LogP contribution in [0.2, 0.25) is 0 Å². The van der Waals surface area contributed by atoms with Gasteiger partial charge in [0, 0.05) is 0 Å². The Morgan fingerprint density at radius 2 is 1.60 bits per heavy atom. The number of benzene rings is 1. The van der Waals surface area contributed by atoms with Crippen LogP contribution in [0.25, 0.3) is 0 Å². The van der Waals surface area contributed by atoms with Crippen molar-refractivity contribution in [2.24, 2.45) is 0 Å². The Morgan fingerprint density at radius 1 is 1.13 bits per heavy atom. The second kappa shape index (κ2) is 10.7. The van der Waals surface area contributed by atoms with Crippen LogP contribution in [0.5, 0.6) is 0 Å². The molecule has 0 fully saturated rings. The minimum atomic E-state index is -1.01. The Morgan fingerprint density at radius 3 is 1.93 bits per heavy atom. The molecule has 0 N–H and O–H groups in total. The Kier molecular flexibility index (Phi) is 9.71. The zero-order chi connectivity index (χ0) is 11.4. The predicted octanol–water partition coefficient (Wildman–Crippen LogP) is 2.99. The number of alkyl halides is 1. The molecule has 0 radical (unpaired) electrons. The second-order valence-corrected chi connectivity index (χ2v) is 2.86. The van der Waals surface area contributed by atoms with E-state index in [1.54, 1.807) is 0 Å². The van der Waals surface area contributed by atoms with E-state index in [1.807, 2.05) is 43.3 Å². The first-order valence-corrected chi connectivity index (χ1v) is 5.02. The number of rotatable bonds is 4. The maximum Gasteiger partial charge on any atom is 0.337 e. The summed E-state index contributed by atoms with van der Waals surface area (Å²) >= 11 is 0. The lowest BCUT2D eigenvalue weighted by atomic mass is 10.4. The highest BCUT2D eigenvalue weighted by Crippen LogP contribution is 1.88. The molecule has 0 aliphatic rings. The lowest BCUT2D eigenvalue weighted by Crippen LogP contribution is -2.06. The van der Waals surface area contributed by atoms with Gasteiger partial charge in [0.1, 0.15) is 0 Å². The van der Waals surface area contributed by atoms with Crippen LogP contribution < -0.4 is 0 Å². The number of carbonyl (C=O) groups is 1. The number of ether oxygens (including phenoxy) is 1. The van der Waals surface area contributed by atoms with Gasteiger partial charge in [-0.2, -0.15) is 0 Å². The number of unbranched alkanes of at least 4 members (excludes halogenated alkanes) is 1. The summed E-state index contributed by atoms with van der Waals surface area (Å²) < 4.78 is 15.8. The van der Waals surface area contributed by atoms with Gasteiger partial charge in [-0.1, -0.05) is 49.7 Å². The van der Waals surface area contributed by atoms with Crippen LogP contribution in [0.15, 0.2) is 36.4 Å². The number of hydrogen-bond donors (Lipinski definition) is 0. The first kappa shape index (κ1) is 13.6. The van der Waals surface area contributed by atoms with E-state index >= 15 is 0 Å². The van der Waals surface area contributed by atoms with Crippen molar-refractivity contribution in [2.45, 2.75) is 19.8 Å². The molecule has 2 nitrogen and oxygen atoms in total. The molecule has 0 unspecified atom stereocenters. The molecular weight excluding hydrogens is 195 g/mol. The molecule has 15 heavy (non-hydrogen) atoms. The van der Waals surface area contributed by atoms with Crippen molar-refractivity contribution in [2.75, 3.05) is 13.3 Å². The molecule has 1 rings (SSSR count). The average Bonchev–Trinajstić information content (AvgIpc) is 2.32. The zero-order valence-corrected chi connectivity index (χ0v) is 8.99. The number of carbonyl (C=O) groups excluding carboxylic acids is 1. The molecule has 0 spiro atoms. The van der Waals surface area contributed by atoms with Gasteiger partial charge in [-0.05, 0) is 6.42 Å². The van der Waals surface area contributed by atoms with E-state index in [2.05, 4.69) is 4.74 Å². The van der Waals surface area contributed by atoms with E-state index < -0.39 is 12.6 Å². The lowest BCUT2D eigenvalue weighted by molar-refractivity contribution is -0.144. The molecule has 3 heteroatoms. The molecule has 1 aromatic rings. The normalized spacial score (nSPS) is 8.67.